The smallest absolute Gasteiger partial charge is 0.227 e. The number of anilines is 1. The van der Waals surface area contributed by atoms with Crippen LogP contribution in [-0.2, 0) is 4.79 Å². The lowest BCUT2D eigenvalue weighted by molar-refractivity contribution is -0.116. The zero-order valence-corrected chi connectivity index (χ0v) is 13.7. The van der Waals surface area contributed by atoms with Gasteiger partial charge in [-0.2, -0.15) is 0 Å². The summed E-state index contributed by atoms with van der Waals surface area (Å²) in [5.41, 5.74) is 3.08. The first-order valence-electron chi connectivity index (χ1n) is 7.12. The van der Waals surface area contributed by atoms with E-state index >= 15 is 0 Å². The Morgan fingerprint density at radius 1 is 1.23 bits per heavy atom. The van der Waals surface area contributed by atoms with Crippen molar-refractivity contribution in [3.8, 4) is 11.5 Å². The molecule has 2 aromatic carbocycles. The molecule has 0 saturated carbocycles. The summed E-state index contributed by atoms with van der Waals surface area (Å²) in [5, 5.41) is 2.86. The predicted octanol–water partition coefficient (Wildman–Crippen LogP) is 5.00. The molecule has 1 heterocycles. The Bertz CT molecular complexity index is 809. The van der Waals surface area contributed by atoms with Gasteiger partial charge in [-0.3, -0.25) is 4.79 Å². The van der Waals surface area contributed by atoms with E-state index in [-0.39, 0.29) is 5.91 Å². The normalized spacial score (nSPS) is 10.8. The summed E-state index contributed by atoms with van der Waals surface area (Å²) in [6.07, 6.45) is 1.34. The first kappa shape index (κ1) is 14.8. The highest BCUT2D eigenvalue weighted by atomic mass is 79.9. The van der Waals surface area contributed by atoms with Gasteiger partial charge in [0.2, 0.25) is 11.8 Å². The molecule has 0 atom stereocenters. The number of oxazole rings is 1. The van der Waals surface area contributed by atoms with Crippen molar-refractivity contribution in [2.45, 2.75) is 19.8 Å². The van der Waals surface area contributed by atoms with Crippen LogP contribution >= 0.6 is 15.9 Å². The second-order valence-electron chi connectivity index (χ2n) is 5.01. The van der Waals surface area contributed by atoms with Crippen molar-refractivity contribution in [3.63, 3.8) is 0 Å². The minimum absolute atomic E-state index is 0.0125. The quantitative estimate of drug-likeness (QED) is 0.714. The van der Waals surface area contributed by atoms with E-state index in [2.05, 4.69) is 26.2 Å². The van der Waals surface area contributed by atoms with Crippen LogP contribution in [0.3, 0.4) is 0 Å². The maximum Gasteiger partial charge on any atom is 0.227 e. The molecule has 0 aliphatic carbocycles. The van der Waals surface area contributed by atoms with Crippen LogP contribution in [-0.4, -0.2) is 10.9 Å². The Morgan fingerprint density at radius 3 is 2.73 bits per heavy atom. The summed E-state index contributed by atoms with van der Waals surface area (Å²) in [7, 11) is 0. The summed E-state index contributed by atoms with van der Waals surface area (Å²) in [6, 6.07) is 13.3. The molecule has 3 rings (SSSR count). The van der Waals surface area contributed by atoms with Crippen molar-refractivity contribution < 1.29 is 9.21 Å². The van der Waals surface area contributed by atoms with Gasteiger partial charge in [-0.05, 0) is 48.9 Å². The Hall–Kier alpha value is -2.14. The van der Waals surface area contributed by atoms with Crippen LogP contribution in [0.4, 0.5) is 5.69 Å². The number of amides is 1. The zero-order chi connectivity index (χ0) is 15.5. The summed E-state index contributed by atoms with van der Waals surface area (Å²) < 4.78 is 6.77. The van der Waals surface area contributed by atoms with Gasteiger partial charge in [-0.1, -0.05) is 22.9 Å². The first-order chi connectivity index (χ1) is 10.7. The van der Waals surface area contributed by atoms with Crippen LogP contribution < -0.4 is 5.32 Å². The third-order valence-electron chi connectivity index (χ3n) is 3.24. The van der Waals surface area contributed by atoms with E-state index in [0.717, 1.165) is 27.7 Å². The standard InChI is InChI=1S/C17H15BrN2O2/c1-2-3-16(21)19-13-8-9-15-14(10-13)20-17(22-15)11-4-6-12(18)7-5-11/h4-10H,2-3H2,1H3,(H,19,21). The van der Waals surface area contributed by atoms with Gasteiger partial charge in [0.1, 0.15) is 5.52 Å². The number of nitrogens with zero attached hydrogens (tertiary/aromatic N) is 1. The zero-order valence-electron chi connectivity index (χ0n) is 12.1. The molecule has 0 spiro atoms. The average molecular weight is 359 g/mol. The fraction of sp³-hybridized carbons (Fsp3) is 0.176. The van der Waals surface area contributed by atoms with Crippen molar-refractivity contribution in [3.05, 3.63) is 46.9 Å². The molecule has 0 aliphatic heterocycles. The van der Waals surface area contributed by atoms with Crippen LogP contribution in [0.2, 0.25) is 0 Å². The minimum atomic E-state index is 0.0125. The molecule has 0 unspecified atom stereocenters. The molecule has 0 bridgehead atoms. The summed E-state index contributed by atoms with van der Waals surface area (Å²) in [5.74, 6) is 0.581. The van der Waals surface area contributed by atoms with Gasteiger partial charge < -0.3 is 9.73 Å². The van der Waals surface area contributed by atoms with Crippen LogP contribution in [0.25, 0.3) is 22.6 Å². The van der Waals surface area contributed by atoms with Crippen molar-refractivity contribution >= 4 is 38.6 Å². The van der Waals surface area contributed by atoms with E-state index < -0.39 is 0 Å². The number of carbonyl (C=O) groups excluding carboxylic acids is 1. The number of aromatic nitrogens is 1. The van der Waals surface area contributed by atoms with Crippen LogP contribution in [0.1, 0.15) is 19.8 Å². The van der Waals surface area contributed by atoms with Crippen molar-refractivity contribution in [2.24, 2.45) is 0 Å². The predicted molar refractivity (Wildman–Crippen MR) is 90.7 cm³/mol. The van der Waals surface area contributed by atoms with Crippen molar-refractivity contribution in [2.75, 3.05) is 5.32 Å². The molecular formula is C17H15BrN2O2. The van der Waals surface area contributed by atoms with Crippen molar-refractivity contribution in [1.82, 2.24) is 4.98 Å². The molecule has 1 amide bonds. The highest BCUT2D eigenvalue weighted by Gasteiger charge is 2.09. The molecule has 5 heteroatoms. The Kier molecular flexibility index (Phi) is 4.24. The van der Waals surface area contributed by atoms with Gasteiger partial charge in [0, 0.05) is 22.1 Å². The Balaban J connectivity index is 1.90. The third-order valence-corrected chi connectivity index (χ3v) is 3.77. The molecule has 0 radical (unpaired) electrons. The fourth-order valence-corrected chi connectivity index (χ4v) is 2.44. The summed E-state index contributed by atoms with van der Waals surface area (Å²) >= 11 is 3.41. The highest BCUT2D eigenvalue weighted by Crippen LogP contribution is 2.27. The van der Waals surface area contributed by atoms with E-state index in [0.29, 0.717) is 17.9 Å². The first-order valence-corrected chi connectivity index (χ1v) is 7.91. The second-order valence-corrected chi connectivity index (χ2v) is 5.92. The van der Waals surface area contributed by atoms with E-state index in [1.165, 1.54) is 0 Å². The van der Waals surface area contributed by atoms with Gasteiger partial charge in [0.05, 0.1) is 0 Å². The lowest BCUT2D eigenvalue weighted by Gasteiger charge is -2.02. The number of hydrogen-bond acceptors (Lipinski definition) is 3. The van der Waals surface area contributed by atoms with Crippen LogP contribution in [0.15, 0.2) is 51.4 Å². The van der Waals surface area contributed by atoms with Gasteiger partial charge in [0.25, 0.3) is 0 Å². The molecule has 4 nitrogen and oxygen atoms in total. The summed E-state index contributed by atoms with van der Waals surface area (Å²) in [4.78, 5) is 16.1. The molecule has 112 valence electrons. The Labute approximate surface area is 136 Å². The molecule has 1 aromatic heterocycles. The number of hydrogen-bond donors (Lipinski definition) is 1. The number of nitrogens with one attached hydrogen (secondary N) is 1. The highest BCUT2D eigenvalue weighted by molar-refractivity contribution is 9.10. The third kappa shape index (κ3) is 3.20. The maximum absolute atomic E-state index is 11.6. The molecule has 0 aliphatic rings. The van der Waals surface area contributed by atoms with Gasteiger partial charge in [0.15, 0.2) is 5.58 Å². The average Bonchev–Trinajstić information content (AvgIpc) is 2.91. The molecular weight excluding hydrogens is 344 g/mol. The molecule has 3 aromatic rings. The van der Waals surface area contributed by atoms with Crippen molar-refractivity contribution in [1.29, 1.82) is 0 Å². The van der Waals surface area contributed by atoms with Crippen LogP contribution in [0.5, 0.6) is 0 Å². The van der Waals surface area contributed by atoms with E-state index in [1.54, 1.807) is 0 Å². The lowest BCUT2D eigenvalue weighted by Crippen LogP contribution is -2.10. The number of fused-ring (bicyclic) bond motifs is 1. The Morgan fingerprint density at radius 2 is 2.00 bits per heavy atom. The molecule has 0 saturated heterocycles. The fourth-order valence-electron chi connectivity index (χ4n) is 2.17. The monoisotopic (exact) mass is 358 g/mol. The largest absolute Gasteiger partial charge is 0.436 e. The van der Waals surface area contributed by atoms with Crippen LogP contribution in [0, 0.1) is 0 Å². The summed E-state index contributed by atoms with van der Waals surface area (Å²) in [6.45, 7) is 1.98. The molecule has 22 heavy (non-hydrogen) atoms. The van der Waals surface area contributed by atoms with Gasteiger partial charge in [-0.15, -0.1) is 0 Å². The SMILES string of the molecule is CCCC(=O)Nc1ccc2oc(-c3ccc(Br)cc3)nc2c1. The van der Waals surface area contributed by atoms with E-state index in [4.69, 9.17) is 4.42 Å². The van der Waals surface area contributed by atoms with E-state index in [9.17, 15) is 4.79 Å². The van der Waals surface area contributed by atoms with E-state index in [1.807, 2.05) is 49.4 Å². The molecule has 0 fully saturated rings. The minimum Gasteiger partial charge on any atom is -0.436 e. The lowest BCUT2D eigenvalue weighted by atomic mass is 10.2. The van der Waals surface area contributed by atoms with Gasteiger partial charge >= 0.3 is 0 Å². The molecule has 1 N–H and O–H groups in total. The number of halogens is 1. The second kappa shape index (κ2) is 6.32. The maximum atomic E-state index is 11.6. The van der Waals surface area contributed by atoms with Gasteiger partial charge in [-0.25, -0.2) is 4.98 Å². The number of carbonyl (C=O) groups is 1. The number of rotatable bonds is 4. The number of benzene rings is 2. The topological polar surface area (TPSA) is 55.1 Å².